The van der Waals surface area contributed by atoms with Gasteiger partial charge in [0.25, 0.3) is 5.56 Å². The minimum absolute atomic E-state index is 0.104. The van der Waals surface area contributed by atoms with E-state index in [1.807, 2.05) is 19.9 Å². The summed E-state index contributed by atoms with van der Waals surface area (Å²) in [5.74, 6) is 0.942. The fourth-order valence-electron chi connectivity index (χ4n) is 3.95. The van der Waals surface area contributed by atoms with E-state index in [1.165, 1.54) is 11.1 Å². The van der Waals surface area contributed by atoms with Crippen molar-refractivity contribution in [3.05, 3.63) is 69.2 Å². The number of hydrogen-bond acceptors (Lipinski definition) is 6. The number of fused-ring (bicyclic) bond motifs is 2. The molecule has 4 aromatic rings. The van der Waals surface area contributed by atoms with Gasteiger partial charge in [0.2, 0.25) is 5.95 Å². The molecule has 0 bridgehead atoms. The topological polar surface area (TPSA) is 89.7 Å². The highest BCUT2D eigenvalue weighted by Gasteiger charge is 2.20. The molecule has 0 fully saturated rings. The Balaban J connectivity index is 1.62. The molecule has 0 unspecified atom stereocenters. The molecule has 0 atom stereocenters. The molecule has 1 aliphatic rings. The van der Waals surface area contributed by atoms with E-state index in [-0.39, 0.29) is 11.6 Å². The largest absolute Gasteiger partial charge is 0.324 e. The van der Waals surface area contributed by atoms with Gasteiger partial charge >= 0.3 is 0 Å². The summed E-state index contributed by atoms with van der Waals surface area (Å²) in [5, 5.41) is 7.43. The number of hydrogen-bond donors (Lipinski definition) is 2. The van der Waals surface area contributed by atoms with E-state index in [0.717, 1.165) is 25.2 Å². The lowest BCUT2D eigenvalue weighted by Gasteiger charge is -2.18. The van der Waals surface area contributed by atoms with Crippen LogP contribution in [0.4, 0.5) is 11.6 Å². The van der Waals surface area contributed by atoms with Crippen LogP contribution in [0.5, 0.6) is 0 Å². The maximum absolute atomic E-state index is 13.1. The molecule has 3 aromatic heterocycles. The van der Waals surface area contributed by atoms with Crippen LogP contribution in [0, 0.1) is 0 Å². The second-order valence-corrected chi connectivity index (χ2v) is 8.23. The normalized spacial score (nSPS) is 13.5. The van der Waals surface area contributed by atoms with Gasteiger partial charge < -0.3 is 10.6 Å². The number of nitrogens with one attached hydrogen (secondary N) is 2. The van der Waals surface area contributed by atoms with E-state index in [9.17, 15) is 4.79 Å². The zero-order valence-corrected chi connectivity index (χ0v) is 18.0. The second kappa shape index (κ2) is 7.79. The highest BCUT2D eigenvalue weighted by atomic mass is 35.5. The van der Waals surface area contributed by atoms with Crippen molar-refractivity contribution in [2.24, 2.45) is 0 Å². The van der Waals surface area contributed by atoms with Crippen LogP contribution in [0.1, 0.15) is 31.0 Å². The minimum atomic E-state index is -0.167. The molecule has 0 radical (unpaired) electrons. The molecule has 2 N–H and O–H groups in total. The number of halogens is 1. The standard InChI is InChI=1S/C22H22ClN7O/c1-13(2)29-21(31)17-12-25-22(26-16-7-6-15-11-24-9-8-14(15)10-16)28-20(17)30(29)19-5-3-4-18(23)27-19/h3-7,10,12-13,24H,8-9,11H2,1-2H3,(H,25,26,28). The van der Waals surface area contributed by atoms with Gasteiger partial charge in [-0.05, 0) is 62.2 Å². The quantitative estimate of drug-likeness (QED) is 0.476. The first-order valence-corrected chi connectivity index (χ1v) is 10.6. The molecule has 1 aliphatic heterocycles. The molecule has 0 spiro atoms. The smallest absolute Gasteiger partial charge is 0.278 e. The van der Waals surface area contributed by atoms with Gasteiger partial charge in [0.1, 0.15) is 10.5 Å². The van der Waals surface area contributed by atoms with Gasteiger partial charge in [-0.3, -0.25) is 4.79 Å². The summed E-state index contributed by atoms with van der Waals surface area (Å²) in [6.07, 6.45) is 2.55. The first-order chi connectivity index (χ1) is 15.0. The number of rotatable bonds is 4. The number of anilines is 2. The van der Waals surface area contributed by atoms with Crippen LogP contribution in [0.15, 0.2) is 47.4 Å². The molecule has 31 heavy (non-hydrogen) atoms. The van der Waals surface area contributed by atoms with Crippen molar-refractivity contribution in [2.45, 2.75) is 32.9 Å². The predicted octanol–water partition coefficient (Wildman–Crippen LogP) is 3.60. The number of nitrogens with zero attached hydrogens (tertiary/aromatic N) is 5. The van der Waals surface area contributed by atoms with Gasteiger partial charge in [-0.25, -0.2) is 19.3 Å². The monoisotopic (exact) mass is 435 g/mol. The van der Waals surface area contributed by atoms with E-state index in [1.54, 1.807) is 33.8 Å². The van der Waals surface area contributed by atoms with E-state index < -0.39 is 0 Å². The molecular formula is C22H22ClN7O. The summed E-state index contributed by atoms with van der Waals surface area (Å²) in [6.45, 7) is 5.74. The molecule has 0 saturated carbocycles. The molecule has 4 heterocycles. The number of pyridine rings is 1. The van der Waals surface area contributed by atoms with Crippen molar-refractivity contribution in [1.82, 2.24) is 29.6 Å². The molecule has 1 aromatic carbocycles. The molecule has 5 rings (SSSR count). The van der Waals surface area contributed by atoms with Gasteiger partial charge in [0.05, 0.1) is 0 Å². The molecule has 158 valence electrons. The SMILES string of the molecule is CC(C)n1c(=O)c2cnc(Nc3ccc4c(c3)CCNC4)nc2n1-c1cccc(Cl)n1. The van der Waals surface area contributed by atoms with Gasteiger partial charge in [-0.15, -0.1) is 0 Å². The van der Waals surface area contributed by atoms with Crippen LogP contribution in [0.25, 0.3) is 16.9 Å². The Morgan fingerprint density at radius 1 is 1.16 bits per heavy atom. The maximum Gasteiger partial charge on any atom is 0.278 e. The summed E-state index contributed by atoms with van der Waals surface area (Å²) in [5.41, 5.74) is 3.85. The lowest BCUT2D eigenvalue weighted by molar-refractivity contribution is 0.472. The summed E-state index contributed by atoms with van der Waals surface area (Å²) in [4.78, 5) is 26.5. The predicted molar refractivity (Wildman–Crippen MR) is 121 cm³/mol. The average molecular weight is 436 g/mol. The van der Waals surface area contributed by atoms with E-state index in [0.29, 0.717) is 28.0 Å². The van der Waals surface area contributed by atoms with E-state index in [4.69, 9.17) is 11.6 Å². The van der Waals surface area contributed by atoms with Gasteiger partial charge in [-0.1, -0.05) is 23.7 Å². The van der Waals surface area contributed by atoms with Crippen molar-refractivity contribution in [3.8, 4) is 5.82 Å². The fourth-order valence-corrected chi connectivity index (χ4v) is 4.10. The minimum Gasteiger partial charge on any atom is -0.324 e. The summed E-state index contributed by atoms with van der Waals surface area (Å²) >= 11 is 6.12. The third-order valence-corrected chi connectivity index (χ3v) is 5.59. The van der Waals surface area contributed by atoms with Crippen molar-refractivity contribution in [2.75, 3.05) is 11.9 Å². The van der Waals surface area contributed by atoms with Crippen molar-refractivity contribution >= 4 is 34.3 Å². The number of aromatic nitrogens is 5. The molecule has 8 nitrogen and oxygen atoms in total. The zero-order chi connectivity index (χ0) is 21.5. The maximum atomic E-state index is 13.1. The van der Waals surface area contributed by atoms with Crippen molar-refractivity contribution in [3.63, 3.8) is 0 Å². The Labute approximate surface area is 183 Å². The van der Waals surface area contributed by atoms with Crippen molar-refractivity contribution in [1.29, 1.82) is 0 Å². The van der Waals surface area contributed by atoms with Gasteiger partial charge in [0.15, 0.2) is 11.5 Å². The van der Waals surface area contributed by atoms with Crippen LogP contribution in [-0.4, -0.2) is 30.9 Å². The van der Waals surface area contributed by atoms with E-state index in [2.05, 4.69) is 37.7 Å². The highest BCUT2D eigenvalue weighted by molar-refractivity contribution is 6.29. The van der Waals surface area contributed by atoms with E-state index >= 15 is 0 Å². The second-order valence-electron chi connectivity index (χ2n) is 7.84. The molecule has 9 heteroatoms. The summed E-state index contributed by atoms with van der Waals surface area (Å²) in [6, 6.07) is 11.5. The van der Waals surface area contributed by atoms with Gasteiger partial charge in [0, 0.05) is 24.5 Å². The molecule has 0 saturated heterocycles. The number of benzene rings is 1. The lowest BCUT2D eigenvalue weighted by Crippen LogP contribution is -2.24. The zero-order valence-electron chi connectivity index (χ0n) is 17.3. The van der Waals surface area contributed by atoms with Crippen LogP contribution in [0.3, 0.4) is 0 Å². The first-order valence-electron chi connectivity index (χ1n) is 10.2. The summed E-state index contributed by atoms with van der Waals surface area (Å²) < 4.78 is 3.33. The Hall–Kier alpha value is -3.23. The fraction of sp³-hybridized carbons (Fsp3) is 0.273. The molecule has 0 amide bonds. The van der Waals surface area contributed by atoms with Crippen LogP contribution >= 0.6 is 11.6 Å². The Kier molecular flexibility index (Phi) is 4.95. The Bertz CT molecular complexity index is 1340. The third-order valence-electron chi connectivity index (χ3n) is 5.38. The molecular weight excluding hydrogens is 414 g/mol. The first kappa shape index (κ1) is 19.7. The van der Waals surface area contributed by atoms with Crippen LogP contribution in [0.2, 0.25) is 5.15 Å². The lowest BCUT2D eigenvalue weighted by atomic mass is 10.0. The van der Waals surface area contributed by atoms with Crippen LogP contribution < -0.4 is 16.2 Å². The summed E-state index contributed by atoms with van der Waals surface area (Å²) in [7, 11) is 0. The molecule has 0 aliphatic carbocycles. The Morgan fingerprint density at radius 3 is 2.84 bits per heavy atom. The average Bonchev–Trinajstić information content (AvgIpc) is 3.06. The van der Waals surface area contributed by atoms with Gasteiger partial charge in [-0.2, -0.15) is 4.98 Å². The van der Waals surface area contributed by atoms with Crippen molar-refractivity contribution < 1.29 is 0 Å². The highest BCUT2D eigenvalue weighted by Crippen LogP contribution is 2.23. The van der Waals surface area contributed by atoms with Crippen LogP contribution in [-0.2, 0) is 13.0 Å². The third kappa shape index (κ3) is 3.58. The Morgan fingerprint density at radius 2 is 2.03 bits per heavy atom.